The lowest BCUT2D eigenvalue weighted by Gasteiger charge is -2.30. The van der Waals surface area contributed by atoms with Crippen LogP contribution < -0.4 is 15.6 Å². The smallest absolute Gasteiger partial charge is 0.327 e. The van der Waals surface area contributed by atoms with Crippen molar-refractivity contribution in [2.24, 2.45) is 5.92 Å². The number of nitrogens with one attached hydrogen (secondary N) is 3. The largest absolute Gasteiger partial charge is 0.344 e. The highest BCUT2D eigenvalue weighted by molar-refractivity contribution is 6.08. The zero-order valence-electron chi connectivity index (χ0n) is 13.8. The molecular weight excluding hydrogens is 296 g/mol. The molecule has 7 heteroatoms. The highest BCUT2D eigenvalue weighted by Gasteiger charge is 2.52. The quantitative estimate of drug-likeness (QED) is 0.617. The van der Waals surface area contributed by atoms with Crippen molar-refractivity contribution >= 4 is 17.8 Å². The maximum Gasteiger partial charge on any atom is 0.344 e. The van der Waals surface area contributed by atoms with Gasteiger partial charge in [0.1, 0.15) is 5.54 Å². The summed E-state index contributed by atoms with van der Waals surface area (Å²) in [7, 11) is 0. The van der Waals surface area contributed by atoms with Gasteiger partial charge in [-0.1, -0.05) is 26.2 Å². The molecule has 0 aromatic heterocycles. The van der Waals surface area contributed by atoms with Gasteiger partial charge in [-0.2, -0.15) is 5.01 Å². The third-order valence-electron chi connectivity index (χ3n) is 5.38. The lowest BCUT2D eigenvalue weighted by molar-refractivity contribution is -0.900. The molecule has 2 atom stereocenters. The van der Waals surface area contributed by atoms with Gasteiger partial charge >= 0.3 is 6.03 Å². The second-order valence-electron chi connectivity index (χ2n) is 7.38. The van der Waals surface area contributed by atoms with E-state index in [1.54, 1.807) is 0 Å². The Morgan fingerprint density at radius 2 is 2.04 bits per heavy atom. The molecular formula is C16H27N4O3+. The third-order valence-corrected chi connectivity index (χ3v) is 5.38. The van der Waals surface area contributed by atoms with Crippen molar-refractivity contribution in [2.45, 2.75) is 57.4 Å². The Kier molecular flexibility index (Phi) is 4.57. The van der Waals surface area contributed by atoms with Crippen LogP contribution in [0.4, 0.5) is 4.79 Å². The molecule has 3 rings (SSSR count). The summed E-state index contributed by atoms with van der Waals surface area (Å²) in [6, 6.07) is -0.493. The molecule has 1 aliphatic carbocycles. The predicted octanol–water partition coefficient (Wildman–Crippen LogP) is -0.413. The summed E-state index contributed by atoms with van der Waals surface area (Å²) >= 11 is 0. The summed E-state index contributed by atoms with van der Waals surface area (Å²) in [6.45, 7) is 4.45. The van der Waals surface area contributed by atoms with Gasteiger partial charge in [-0.25, -0.2) is 4.79 Å². The normalized spacial score (nSPS) is 30.4. The number of hydrogen-bond acceptors (Lipinski definition) is 3. The van der Waals surface area contributed by atoms with Gasteiger partial charge in [-0.3, -0.25) is 15.0 Å². The molecule has 3 aliphatic rings. The second-order valence-corrected chi connectivity index (χ2v) is 7.38. The Bertz CT molecular complexity index is 502. The third kappa shape index (κ3) is 3.34. The molecule has 7 nitrogen and oxygen atoms in total. The fourth-order valence-electron chi connectivity index (χ4n) is 4.17. The predicted molar refractivity (Wildman–Crippen MR) is 83.3 cm³/mol. The minimum Gasteiger partial charge on any atom is -0.327 e. The van der Waals surface area contributed by atoms with Gasteiger partial charge in [-0.15, -0.1) is 0 Å². The van der Waals surface area contributed by atoms with Crippen LogP contribution in [0.3, 0.4) is 0 Å². The zero-order chi connectivity index (χ0) is 16.4. The first kappa shape index (κ1) is 16.2. The van der Waals surface area contributed by atoms with E-state index < -0.39 is 11.6 Å². The fraction of sp³-hybridized carbons (Fsp3) is 0.812. The summed E-state index contributed by atoms with van der Waals surface area (Å²) in [5.41, 5.74) is 1.74. The average molecular weight is 323 g/mol. The van der Waals surface area contributed by atoms with E-state index in [4.69, 9.17) is 0 Å². The molecule has 2 heterocycles. The first-order chi connectivity index (χ1) is 11.0. The summed E-state index contributed by atoms with van der Waals surface area (Å²) in [4.78, 5) is 38.2. The molecule has 0 aromatic rings. The van der Waals surface area contributed by atoms with Crippen molar-refractivity contribution in [3.8, 4) is 0 Å². The van der Waals surface area contributed by atoms with E-state index in [0.29, 0.717) is 25.3 Å². The van der Waals surface area contributed by atoms with E-state index in [0.717, 1.165) is 43.8 Å². The SMILES string of the molecule is C[C@@H]1CCC[NH+](CC(=O)NN2C(=O)NC3(CCCCC3)C2=O)C1. The number of hydrogen-bond donors (Lipinski definition) is 3. The molecule has 2 saturated heterocycles. The molecule has 1 spiro atoms. The molecule has 23 heavy (non-hydrogen) atoms. The van der Waals surface area contributed by atoms with Gasteiger partial charge in [-0.05, 0) is 25.7 Å². The van der Waals surface area contributed by atoms with E-state index in [1.165, 1.54) is 11.3 Å². The van der Waals surface area contributed by atoms with Crippen LogP contribution in [0.15, 0.2) is 0 Å². The molecule has 3 N–H and O–H groups in total. The lowest BCUT2D eigenvalue weighted by atomic mass is 9.82. The first-order valence-corrected chi connectivity index (χ1v) is 8.80. The molecule has 0 aromatic carbocycles. The van der Waals surface area contributed by atoms with Gasteiger partial charge in [0, 0.05) is 5.92 Å². The maximum atomic E-state index is 12.6. The monoisotopic (exact) mass is 323 g/mol. The molecule has 0 bridgehead atoms. The number of hydrazine groups is 1. The van der Waals surface area contributed by atoms with Crippen molar-refractivity contribution < 1.29 is 19.3 Å². The van der Waals surface area contributed by atoms with Crippen LogP contribution in [-0.2, 0) is 9.59 Å². The Morgan fingerprint density at radius 1 is 1.30 bits per heavy atom. The maximum absolute atomic E-state index is 12.6. The number of amides is 4. The van der Waals surface area contributed by atoms with Crippen LogP contribution in [0.5, 0.6) is 0 Å². The molecule has 128 valence electrons. The molecule has 1 saturated carbocycles. The Hall–Kier alpha value is -1.63. The minimum atomic E-state index is -0.783. The van der Waals surface area contributed by atoms with Crippen LogP contribution in [0.2, 0.25) is 0 Å². The molecule has 2 aliphatic heterocycles. The molecule has 1 unspecified atom stereocenters. The van der Waals surface area contributed by atoms with Crippen molar-refractivity contribution in [2.75, 3.05) is 19.6 Å². The van der Waals surface area contributed by atoms with Gasteiger partial charge in [0.15, 0.2) is 6.54 Å². The number of carbonyl (C=O) groups excluding carboxylic acids is 3. The number of carbonyl (C=O) groups is 3. The van der Waals surface area contributed by atoms with Crippen LogP contribution >= 0.6 is 0 Å². The molecule has 0 radical (unpaired) electrons. The lowest BCUT2D eigenvalue weighted by Crippen LogP contribution is -3.14. The van der Waals surface area contributed by atoms with Gasteiger partial charge in [0.25, 0.3) is 11.8 Å². The zero-order valence-corrected chi connectivity index (χ0v) is 13.8. The Balaban J connectivity index is 1.57. The number of rotatable bonds is 3. The topological polar surface area (TPSA) is 82.9 Å². The second kappa shape index (κ2) is 6.47. The van der Waals surface area contributed by atoms with Crippen molar-refractivity contribution in [3.05, 3.63) is 0 Å². The van der Waals surface area contributed by atoms with E-state index >= 15 is 0 Å². The number of nitrogens with zero attached hydrogens (tertiary/aromatic N) is 1. The van der Waals surface area contributed by atoms with Crippen molar-refractivity contribution in [1.82, 2.24) is 15.8 Å². The van der Waals surface area contributed by atoms with Crippen molar-refractivity contribution in [3.63, 3.8) is 0 Å². The summed E-state index contributed by atoms with van der Waals surface area (Å²) < 4.78 is 0. The summed E-state index contributed by atoms with van der Waals surface area (Å²) in [5, 5.41) is 3.70. The number of piperidine rings is 1. The highest BCUT2D eigenvalue weighted by atomic mass is 16.2. The summed E-state index contributed by atoms with van der Waals surface area (Å²) in [6.07, 6.45) is 6.62. The number of likely N-dealkylation sites (tertiary alicyclic amines) is 1. The fourth-order valence-corrected chi connectivity index (χ4v) is 4.17. The van der Waals surface area contributed by atoms with Crippen LogP contribution in [0, 0.1) is 5.92 Å². The van der Waals surface area contributed by atoms with Crippen LogP contribution in [0.25, 0.3) is 0 Å². The minimum absolute atomic E-state index is 0.259. The number of urea groups is 1. The van der Waals surface area contributed by atoms with Crippen LogP contribution in [0.1, 0.15) is 51.9 Å². The summed E-state index contributed by atoms with van der Waals surface area (Å²) in [5.74, 6) is 0.0665. The van der Waals surface area contributed by atoms with E-state index in [9.17, 15) is 14.4 Å². The van der Waals surface area contributed by atoms with E-state index in [1.807, 2.05) is 0 Å². The van der Waals surface area contributed by atoms with E-state index in [2.05, 4.69) is 17.7 Å². The van der Waals surface area contributed by atoms with E-state index in [-0.39, 0.29) is 11.8 Å². The standard InChI is InChI=1S/C16H26N4O3/c1-12-6-5-9-19(10-12)11-13(21)18-20-14(22)16(17-15(20)23)7-3-2-4-8-16/h12H,2-11H2,1H3,(H,17,23)(H,18,21)/p+1/t12-/m1/s1. The van der Waals surface area contributed by atoms with Crippen LogP contribution in [-0.4, -0.2) is 48.0 Å². The average Bonchev–Trinajstić information content (AvgIpc) is 2.72. The number of quaternary nitrogens is 1. The highest BCUT2D eigenvalue weighted by Crippen LogP contribution is 2.32. The van der Waals surface area contributed by atoms with Gasteiger partial charge < -0.3 is 10.2 Å². The number of imide groups is 1. The molecule has 4 amide bonds. The van der Waals surface area contributed by atoms with Gasteiger partial charge in [0.05, 0.1) is 13.1 Å². The first-order valence-electron chi connectivity index (χ1n) is 8.80. The Labute approximate surface area is 136 Å². The van der Waals surface area contributed by atoms with Gasteiger partial charge in [0.2, 0.25) is 0 Å². The Morgan fingerprint density at radius 3 is 2.74 bits per heavy atom. The molecule has 3 fully saturated rings. The van der Waals surface area contributed by atoms with Crippen molar-refractivity contribution in [1.29, 1.82) is 0 Å².